The minimum Gasteiger partial charge on any atom is -0.385 e. The van der Waals surface area contributed by atoms with Gasteiger partial charge in [-0.05, 0) is 55.7 Å². The largest absolute Gasteiger partial charge is 0.385 e. The van der Waals surface area contributed by atoms with Crippen molar-refractivity contribution in [2.45, 2.75) is 43.6 Å². The van der Waals surface area contributed by atoms with Gasteiger partial charge in [0.2, 0.25) is 5.91 Å². The Balaban J connectivity index is 1.57. The maximum atomic E-state index is 13.3. The van der Waals surface area contributed by atoms with E-state index >= 15 is 0 Å². The molecule has 0 spiro atoms. The standard InChI is InChI=1S/C25H27ClN4O3S/c1-16(23(32)19-9-10-22-18(15-19)11-13-29(22)17(2)31)34-25-28-27-24(30(25)12-6-14-33-3)20-7-4-5-8-21(20)26/h4-5,7-10,15-16H,6,11-14H2,1-3H3. The monoisotopic (exact) mass is 498 g/mol. The molecule has 4 rings (SSSR count). The van der Waals surface area contributed by atoms with Crippen LogP contribution >= 0.6 is 23.4 Å². The van der Waals surface area contributed by atoms with E-state index in [0.717, 1.165) is 29.7 Å². The molecule has 1 aliphatic rings. The number of hydrogen-bond acceptors (Lipinski definition) is 6. The molecular weight excluding hydrogens is 472 g/mol. The van der Waals surface area contributed by atoms with Crippen LogP contribution in [0.1, 0.15) is 36.2 Å². The zero-order chi connectivity index (χ0) is 24.2. The number of rotatable bonds is 9. The van der Waals surface area contributed by atoms with Gasteiger partial charge in [0, 0.05) is 50.5 Å². The van der Waals surface area contributed by atoms with E-state index in [0.29, 0.717) is 41.3 Å². The number of nitrogens with zero attached hydrogens (tertiary/aromatic N) is 4. The maximum absolute atomic E-state index is 13.3. The quantitative estimate of drug-likeness (QED) is 0.237. The van der Waals surface area contributed by atoms with Gasteiger partial charge in [-0.1, -0.05) is 35.5 Å². The second kappa shape index (κ2) is 10.7. The number of hydrogen-bond donors (Lipinski definition) is 0. The zero-order valence-corrected chi connectivity index (χ0v) is 21.0. The number of Topliss-reactive ketones (excluding diaryl/α,β-unsaturated/α-hetero) is 1. The Bertz CT molecular complexity index is 1210. The molecule has 0 aliphatic carbocycles. The summed E-state index contributed by atoms with van der Waals surface area (Å²) < 4.78 is 7.22. The SMILES string of the molecule is COCCCn1c(SC(C)C(=O)c2ccc3c(c2)CCN3C(C)=O)nnc1-c1ccccc1Cl. The number of ketones is 1. The molecule has 1 aromatic heterocycles. The predicted molar refractivity (Wildman–Crippen MR) is 135 cm³/mol. The summed E-state index contributed by atoms with van der Waals surface area (Å²) in [5.74, 6) is 0.703. The van der Waals surface area contributed by atoms with Crippen LogP contribution < -0.4 is 4.90 Å². The number of benzene rings is 2. The number of halogens is 1. The van der Waals surface area contributed by atoms with E-state index in [-0.39, 0.29) is 16.9 Å². The van der Waals surface area contributed by atoms with E-state index in [1.54, 1.807) is 25.0 Å². The zero-order valence-electron chi connectivity index (χ0n) is 19.5. The Labute approximate surface area is 208 Å². The molecule has 34 heavy (non-hydrogen) atoms. The van der Waals surface area contributed by atoms with Gasteiger partial charge in [0.15, 0.2) is 16.8 Å². The molecule has 3 aromatic rings. The lowest BCUT2D eigenvalue weighted by molar-refractivity contribution is -0.116. The van der Waals surface area contributed by atoms with Crippen molar-refractivity contribution >= 4 is 40.7 Å². The van der Waals surface area contributed by atoms with Crippen molar-refractivity contribution in [3.8, 4) is 11.4 Å². The van der Waals surface area contributed by atoms with Crippen LogP contribution in [-0.2, 0) is 22.5 Å². The Morgan fingerprint density at radius 2 is 2.00 bits per heavy atom. The lowest BCUT2D eigenvalue weighted by Gasteiger charge is -2.16. The first-order chi connectivity index (χ1) is 16.4. The highest BCUT2D eigenvalue weighted by Gasteiger charge is 2.26. The first-order valence-corrected chi connectivity index (χ1v) is 12.5. The molecule has 0 bridgehead atoms. The summed E-state index contributed by atoms with van der Waals surface area (Å²) in [7, 11) is 1.67. The second-order valence-corrected chi connectivity index (χ2v) is 9.89. The van der Waals surface area contributed by atoms with Gasteiger partial charge in [0.05, 0.1) is 10.3 Å². The van der Waals surface area contributed by atoms with Crippen LogP contribution in [0, 0.1) is 0 Å². The number of thioether (sulfide) groups is 1. The molecule has 1 unspecified atom stereocenters. The average Bonchev–Trinajstić information content (AvgIpc) is 3.43. The molecule has 1 atom stereocenters. The van der Waals surface area contributed by atoms with Crippen molar-refractivity contribution in [2.75, 3.05) is 25.2 Å². The number of carbonyl (C=O) groups is 2. The molecule has 2 heterocycles. The lowest BCUT2D eigenvalue weighted by atomic mass is 10.0. The van der Waals surface area contributed by atoms with Crippen LogP contribution in [0.4, 0.5) is 5.69 Å². The van der Waals surface area contributed by atoms with Crippen LogP contribution in [0.3, 0.4) is 0 Å². The highest BCUT2D eigenvalue weighted by Crippen LogP contribution is 2.33. The number of carbonyl (C=O) groups excluding carboxylic acids is 2. The molecule has 9 heteroatoms. The summed E-state index contributed by atoms with van der Waals surface area (Å²) in [4.78, 5) is 26.8. The predicted octanol–water partition coefficient (Wildman–Crippen LogP) is 4.91. The number of aromatic nitrogens is 3. The number of methoxy groups -OCH3 is 1. The third-order valence-corrected chi connectivity index (χ3v) is 7.26. The summed E-state index contributed by atoms with van der Waals surface area (Å²) in [6.45, 7) is 5.34. The van der Waals surface area contributed by atoms with Gasteiger partial charge in [-0.15, -0.1) is 10.2 Å². The van der Waals surface area contributed by atoms with E-state index in [1.165, 1.54) is 11.8 Å². The summed E-state index contributed by atoms with van der Waals surface area (Å²) in [5, 5.41) is 9.69. The first kappa shape index (κ1) is 24.4. The molecule has 0 radical (unpaired) electrons. The molecule has 0 saturated carbocycles. The van der Waals surface area contributed by atoms with E-state index in [4.69, 9.17) is 16.3 Å². The highest BCUT2D eigenvalue weighted by molar-refractivity contribution is 8.00. The third-order valence-electron chi connectivity index (χ3n) is 5.85. The number of amides is 1. The third kappa shape index (κ3) is 5.04. The van der Waals surface area contributed by atoms with Crippen molar-refractivity contribution in [3.05, 3.63) is 58.6 Å². The van der Waals surface area contributed by atoms with Crippen LogP contribution in [0.15, 0.2) is 47.6 Å². The second-order valence-electron chi connectivity index (χ2n) is 8.17. The summed E-state index contributed by atoms with van der Waals surface area (Å²) >= 11 is 7.81. The molecule has 7 nitrogen and oxygen atoms in total. The van der Waals surface area contributed by atoms with Gasteiger partial charge < -0.3 is 14.2 Å². The summed E-state index contributed by atoms with van der Waals surface area (Å²) in [6.07, 6.45) is 1.53. The van der Waals surface area contributed by atoms with Gasteiger partial charge in [0.25, 0.3) is 0 Å². The normalized spacial score (nSPS) is 13.7. The Morgan fingerprint density at radius 3 is 2.74 bits per heavy atom. The Kier molecular flexibility index (Phi) is 7.70. The molecule has 2 aromatic carbocycles. The summed E-state index contributed by atoms with van der Waals surface area (Å²) in [5.41, 5.74) is 3.36. The van der Waals surface area contributed by atoms with Crippen molar-refractivity contribution in [1.29, 1.82) is 0 Å². The van der Waals surface area contributed by atoms with Crippen LogP contribution in [0.5, 0.6) is 0 Å². The molecule has 0 saturated heterocycles. The van der Waals surface area contributed by atoms with E-state index < -0.39 is 0 Å². The van der Waals surface area contributed by atoms with Gasteiger partial charge >= 0.3 is 0 Å². The van der Waals surface area contributed by atoms with Crippen LogP contribution in [-0.4, -0.2) is 52.0 Å². The number of anilines is 1. The first-order valence-electron chi connectivity index (χ1n) is 11.2. The fraction of sp³-hybridized carbons (Fsp3) is 0.360. The fourth-order valence-corrected chi connectivity index (χ4v) is 5.29. The average molecular weight is 499 g/mol. The fourth-order valence-electron chi connectivity index (χ4n) is 4.11. The molecule has 1 amide bonds. The number of ether oxygens (including phenoxy) is 1. The van der Waals surface area contributed by atoms with Crippen LogP contribution in [0.2, 0.25) is 5.02 Å². The smallest absolute Gasteiger partial charge is 0.223 e. The lowest BCUT2D eigenvalue weighted by Crippen LogP contribution is -2.25. The molecule has 0 fully saturated rings. The van der Waals surface area contributed by atoms with E-state index in [2.05, 4.69) is 10.2 Å². The van der Waals surface area contributed by atoms with Crippen molar-refractivity contribution < 1.29 is 14.3 Å². The molecular formula is C25H27ClN4O3S. The van der Waals surface area contributed by atoms with Crippen molar-refractivity contribution in [1.82, 2.24) is 14.8 Å². The van der Waals surface area contributed by atoms with Gasteiger partial charge in [-0.3, -0.25) is 9.59 Å². The minimum atomic E-state index is -0.368. The topological polar surface area (TPSA) is 77.3 Å². The molecule has 0 N–H and O–H groups in total. The van der Waals surface area contributed by atoms with Crippen LogP contribution in [0.25, 0.3) is 11.4 Å². The Morgan fingerprint density at radius 1 is 1.21 bits per heavy atom. The summed E-state index contributed by atoms with van der Waals surface area (Å²) in [6, 6.07) is 13.1. The number of fused-ring (bicyclic) bond motifs is 1. The Hall–Kier alpha value is -2.68. The van der Waals surface area contributed by atoms with E-state index in [9.17, 15) is 9.59 Å². The minimum absolute atomic E-state index is 0.0137. The molecule has 1 aliphatic heterocycles. The van der Waals surface area contributed by atoms with Crippen molar-refractivity contribution in [3.63, 3.8) is 0 Å². The van der Waals surface area contributed by atoms with E-state index in [1.807, 2.05) is 47.9 Å². The maximum Gasteiger partial charge on any atom is 0.223 e. The van der Waals surface area contributed by atoms with Gasteiger partial charge in [0.1, 0.15) is 0 Å². The highest BCUT2D eigenvalue weighted by atomic mass is 35.5. The molecule has 178 valence electrons. The van der Waals surface area contributed by atoms with Gasteiger partial charge in [-0.25, -0.2) is 0 Å². The van der Waals surface area contributed by atoms with Gasteiger partial charge in [-0.2, -0.15) is 0 Å². The van der Waals surface area contributed by atoms with Crippen molar-refractivity contribution in [2.24, 2.45) is 0 Å².